The lowest BCUT2D eigenvalue weighted by Crippen LogP contribution is -2.28. The molecule has 17 heavy (non-hydrogen) atoms. The van der Waals surface area contributed by atoms with Crippen molar-refractivity contribution >= 4 is 43.2 Å². The lowest BCUT2D eigenvalue weighted by molar-refractivity contribution is 0.640. The SMILES string of the molecule is Cc1ccncc1C(NN)c1cc(Br)c(Br)s1. The van der Waals surface area contributed by atoms with Crippen LogP contribution >= 0.6 is 43.2 Å². The van der Waals surface area contributed by atoms with E-state index in [1.807, 2.05) is 12.3 Å². The second-order valence-corrected chi connectivity index (χ2v) is 6.86. The summed E-state index contributed by atoms with van der Waals surface area (Å²) in [6.07, 6.45) is 3.63. The van der Waals surface area contributed by atoms with Crippen LogP contribution in [0.25, 0.3) is 0 Å². The predicted molar refractivity (Wildman–Crippen MR) is 77.9 cm³/mol. The van der Waals surface area contributed by atoms with Crippen molar-refractivity contribution in [3.8, 4) is 0 Å². The third-order valence-corrected chi connectivity index (χ3v) is 5.83. The molecule has 0 amide bonds. The van der Waals surface area contributed by atoms with Crippen LogP contribution in [0.4, 0.5) is 0 Å². The summed E-state index contributed by atoms with van der Waals surface area (Å²) >= 11 is 8.63. The van der Waals surface area contributed by atoms with Crippen molar-refractivity contribution in [2.75, 3.05) is 0 Å². The van der Waals surface area contributed by atoms with Gasteiger partial charge in [0.05, 0.1) is 9.83 Å². The van der Waals surface area contributed by atoms with Gasteiger partial charge in [0.1, 0.15) is 0 Å². The maximum atomic E-state index is 5.66. The second kappa shape index (κ2) is 5.58. The molecule has 2 heterocycles. The Balaban J connectivity index is 2.44. The molecule has 6 heteroatoms. The Hall–Kier alpha value is -0.270. The summed E-state index contributed by atoms with van der Waals surface area (Å²) in [6, 6.07) is 4.01. The molecule has 0 saturated heterocycles. The maximum absolute atomic E-state index is 5.66. The van der Waals surface area contributed by atoms with Gasteiger partial charge < -0.3 is 0 Å². The van der Waals surface area contributed by atoms with E-state index in [9.17, 15) is 0 Å². The highest BCUT2D eigenvalue weighted by Gasteiger charge is 2.18. The number of halogens is 2. The van der Waals surface area contributed by atoms with Gasteiger partial charge in [0.2, 0.25) is 0 Å². The third-order valence-electron chi connectivity index (χ3n) is 2.51. The van der Waals surface area contributed by atoms with Crippen molar-refractivity contribution in [1.82, 2.24) is 10.4 Å². The normalized spacial score (nSPS) is 12.7. The Bertz CT molecular complexity index is 508. The molecule has 0 aromatic carbocycles. The lowest BCUT2D eigenvalue weighted by Gasteiger charge is -2.16. The van der Waals surface area contributed by atoms with Gasteiger partial charge in [0.25, 0.3) is 0 Å². The van der Waals surface area contributed by atoms with Gasteiger partial charge in [-0.25, -0.2) is 5.43 Å². The van der Waals surface area contributed by atoms with Gasteiger partial charge in [-0.15, -0.1) is 11.3 Å². The summed E-state index contributed by atoms with van der Waals surface area (Å²) in [5.41, 5.74) is 5.11. The van der Waals surface area contributed by atoms with Crippen LogP contribution in [0.15, 0.2) is 32.8 Å². The molecule has 90 valence electrons. The Labute approximate surface area is 121 Å². The van der Waals surface area contributed by atoms with Gasteiger partial charge in [0, 0.05) is 21.7 Å². The van der Waals surface area contributed by atoms with E-state index in [1.165, 1.54) is 5.56 Å². The highest BCUT2D eigenvalue weighted by atomic mass is 79.9. The lowest BCUT2D eigenvalue weighted by atomic mass is 10.0. The third kappa shape index (κ3) is 2.77. The molecule has 0 fully saturated rings. The molecule has 0 aliphatic heterocycles. The average molecular weight is 377 g/mol. The smallest absolute Gasteiger partial charge is 0.0843 e. The summed E-state index contributed by atoms with van der Waals surface area (Å²) in [5, 5.41) is 0. The zero-order chi connectivity index (χ0) is 12.4. The van der Waals surface area contributed by atoms with Crippen LogP contribution in [0.3, 0.4) is 0 Å². The first kappa shape index (κ1) is 13.2. The summed E-state index contributed by atoms with van der Waals surface area (Å²) in [7, 11) is 0. The molecular formula is C11H11Br2N3S. The van der Waals surface area contributed by atoms with E-state index in [2.05, 4.69) is 55.3 Å². The number of hydrazine groups is 1. The molecule has 2 aromatic rings. The van der Waals surface area contributed by atoms with Gasteiger partial charge in [-0.05, 0) is 62.0 Å². The number of aromatic nitrogens is 1. The van der Waals surface area contributed by atoms with Gasteiger partial charge in [0.15, 0.2) is 0 Å². The minimum Gasteiger partial charge on any atom is -0.271 e. The fourth-order valence-corrected chi connectivity index (χ4v) is 3.78. The molecule has 0 bridgehead atoms. The zero-order valence-corrected chi connectivity index (χ0v) is 13.1. The van der Waals surface area contributed by atoms with Crippen LogP contribution in [-0.2, 0) is 0 Å². The summed E-state index contributed by atoms with van der Waals surface area (Å²) in [5.74, 6) is 5.66. The summed E-state index contributed by atoms with van der Waals surface area (Å²) in [4.78, 5) is 5.30. The fraction of sp³-hybridized carbons (Fsp3) is 0.182. The van der Waals surface area contributed by atoms with Gasteiger partial charge in [-0.1, -0.05) is 0 Å². The predicted octanol–water partition coefficient (Wildman–Crippen LogP) is 3.53. The Morgan fingerprint density at radius 2 is 2.24 bits per heavy atom. The molecule has 0 aliphatic rings. The van der Waals surface area contributed by atoms with Crippen LogP contribution in [0.2, 0.25) is 0 Å². The minimum atomic E-state index is -0.0312. The van der Waals surface area contributed by atoms with Crippen molar-refractivity contribution in [3.05, 3.63) is 48.8 Å². The van der Waals surface area contributed by atoms with E-state index in [1.54, 1.807) is 17.5 Å². The second-order valence-electron chi connectivity index (χ2n) is 3.60. The molecule has 2 rings (SSSR count). The molecule has 1 unspecified atom stereocenters. The molecule has 1 atom stereocenters. The number of hydrogen-bond donors (Lipinski definition) is 2. The molecule has 0 aliphatic carbocycles. The van der Waals surface area contributed by atoms with E-state index < -0.39 is 0 Å². The number of aryl methyl sites for hydroxylation is 1. The summed E-state index contributed by atoms with van der Waals surface area (Å²) in [6.45, 7) is 2.05. The van der Waals surface area contributed by atoms with Crippen LogP contribution in [0, 0.1) is 6.92 Å². The van der Waals surface area contributed by atoms with Crippen molar-refractivity contribution < 1.29 is 0 Å². The van der Waals surface area contributed by atoms with E-state index in [4.69, 9.17) is 5.84 Å². The topological polar surface area (TPSA) is 50.9 Å². The fourth-order valence-electron chi connectivity index (χ4n) is 1.61. The van der Waals surface area contributed by atoms with Crippen LogP contribution in [0.5, 0.6) is 0 Å². The van der Waals surface area contributed by atoms with Crippen LogP contribution < -0.4 is 11.3 Å². The van der Waals surface area contributed by atoms with Crippen LogP contribution in [-0.4, -0.2) is 4.98 Å². The highest BCUT2D eigenvalue weighted by molar-refractivity contribution is 9.13. The first-order valence-corrected chi connectivity index (χ1v) is 7.35. The average Bonchev–Trinajstić information content (AvgIpc) is 2.63. The molecular weight excluding hydrogens is 366 g/mol. The van der Waals surface area contributed by atoms with Gasteiger partial charge in [-0.2, -0.15) is 0 Å². The van der Waals surface area contributed by atoms with E-state index in [0.717, 1.165) is 18.7 Å². The molecule has 0 spiro atoms. The maximum Gasteiger partial charge on any atom is 0.0843 e. The van der Waals surface area contributed by atoms with E-state index >= 15 is 0 Å². The minimum absolute atomic E-state index is 0.0312. The van der Waals surface area contributed by atoms with Gasteiger partial charge in [-0.3, -0.25) is 10.8 Å². The number of pyridine rings is 1. The standard InChI is InChI=1S/C11H11Br2N3S/c1-6-2-3-15-5-7(6)10(16-14)9-4-8(12)11(13)17-9/h2-5,10,16H,14H2,1H3. The Kier molecular flexibility index (Phi) is 4.32. The molecule has 3 N–H and O–H groups in total. The monoisotopic (exact) mass is 375 g/mol. The Morgan fingerprint density at radius 1 is 1.47 bits per heavy atom. The molecule has 2 aromatic heterocycles. The largest absolute Gasteiger partial charge is 0.271 e. The van der Waals surface area contributed by atoms with E-state index in [-0.39, 0.29) is 6.04 Å². The molecule has 0 radical (unpaired) electrons. The number of nitrogens with one attached hydrogen (secondary N) is 1. The van der Waals surface area contributed by atoms with Crippen molar-refractivity contribution in [2.45, 2.75) is 13.0 Å². The first-order chi connectivity index (χ1) is 8.13. The van der Waals surface area contributed by atoms with Crippen molar-refractivity contribution in [2.24, 2.45) is 5.84 Å². The number of nitrogens with two attached hydrogens (primary N) is 1. The number of thiophene rings is 1. The zero-order valence-electron chi connectivity index (χ0n) is 9.08. The van der Waals surface area contributed by atoms with E-state index in [0.29, 0.717) is 0 Å². The number of nitrogens with zero attached hydrogens (tertiary/aromatic N) is 1. The van der Waals surface area contributed by atoms with Crippen LogP contribution in [0.1, 0.15) is 22.0 Å². The summed E-state index contributed by atoms with van der Waals surface area (Å²) < 4.78 is 2.11. The van der Waals surface area contributed by atoms with Gasteiger partial charge >= 0.3 is 0 Å². The van der Waals surface area contributed by atoms with Crippen molar-refractivity contribution in [1.29, 1.82) is 0 Å². The quantitative estimate of drug-likeness (QED) is 0.636. The molecule has 0 saturated carbocycles. The highest BCUT2D eigenvalue weighted by Crippen LogP contribution is 2.37. The molecule has 3 nitrogen and oxygen atoms in total. The number of rotatable bonds is 3. The first-order valence-electron chi connectivity index (χ1n) is 4.95. The van der Waals surface area contributed by atoms with Crippen molar-refractivity contribution in [3.63, 3.8) is 0 Å². The number of hydrogen-bond acceptors (Lipinski definition) is 4. The Morgan fingerprint density at radius 3 is 2.76 bits per heavy atom.